The van der Waals surface area contributed by atoms with Crippen molar-refractivity contribution in [2.24, 2.45) is 5.92 Å². The predicted octanol–water partition coefficient (Wildman–Crippen LogP) is 2.01. The average Bonchev–Trinajstić information content (AvgIpc) is 3.34. The molecule has 134 valence electrons. The van der Waals surface area contributed by atoms with E-state index in [0.29, 0.717) is 30.6 Å². The largest absolute Gasteiger partial charge is 0.461 e. The Balaban J connectivity index is 1.28. The van der Waals surface area contributed by atoms with Gasteiger partial charge in [0.1, 0.15) is 0 Å². The number of morpholine rings is 1. The Hall–Kier alpha value is -2.12. The average molecular weight is 345 g/mol. The van der Waals surface area contributed by atoms with E-state index in [9.17, 15) is 4.79 Å². The molecular formula is C18H23N3O4. The molecule has 2 fully saturated rings. The van der Waals surface area contributed by atoms with Gasteiger partial charge in [-0.1, -0.05) is 5.16 Å². The van der Waals surface area contributed by atoms with E-state index in [1.807, 2.05) is 23.1 Å². The van der Waals surface area contributed by atoms with E-state index in [4.69, 9.17) is 13.7 Å². The zero-order valence-corrected chi connectivity index (χ0v) is 14.2. The number of ether oxygens (including phenoxy) is 1. The van der Waals surface area contributed by atoms with Gasteiger partial charge in [-0.25, -0.2) is 0 Å². The summed E-state index contributed by atoms with van der Waals surface area (Å²) in [5, 5.41) is 4.13. The summed E-state index contributed by atoms with van der Waals surface area (Å²) in [6.45, 7) is 5.33. The third-order valence-electron chi connectivity index (χ3n) is 4.97. The van der Waals surface area contributed by atoms with Crippen molar-refractivity contribution in [1.29, 1.82) is 0 Å². The van der Waals surface area contributed by atoms with Crippen LogP contribution in [-0.4, -0.2) is 60.3 Å². The molecule has 0 saturated carbocycles. The highest BCUT2D eigenvalue weighted by Crippen LogP contribution is 2.24. The molecule has 2 aliphatic heterocycles. The van der Waals surface area contributed by atoms with E-state index in [2.05, 4.69) is 10.1 Å². The molecule has 0 spiro atoms. The molecule has 0 atom stereocenters. The lowest BCUT2D eigenvalue weighted by Crippen LogP contribution is -2.46. The topological polar surface area (TPSA) is 72.0 Å². The van der Waals surface area contributed by atoms with Gasteiger partial charge in [-0.05, 0) is 38.1 Å². The number of likely N-dealkylation sites (tertiary alicyclic amines) is 1. The molecule has 2 aromatic rings. The van der Waals surface area contributed by atoms with E-state index >= 15 is 0 Å². The van der Waals surface area contributed by atoms with Crippen molar-refractivity contribution in [2.75, 3.05) is 39.4 Å². The Bertz CT molecular complexity index is 683. The molecule has 0 N–H and O–H groups in total. The first kappa shape index (κ1) is 16.4. The van der Waals surface area contributed by atoms with Gasteiger partial charge >= 0.3 is 0 Å². The summed E-state index contributed by atoms with van der Waals surface area (Å²) in [5.41, 5.74) is 0.893. The van der Waals surface area contributed by atoms with Gasteiger partial charge in [0.05, 0.1) is 25.2 Å². The van der Waals surface area contributed by atoms with Crippen molar-refractivity contribution >= 4 is 5.91 Å². The number of furan rings is 1. The summed E-state index contributed by atoms with van der Waals surface area (Å²) in [7, 11) is 0. The highest BCUT2D eigenvalue weighted by Gasteiger charge is 2.29. The van der Waals surface area contributed by atoms with E-state index in [1.165, 1.54) is 0 Å². The van der Waals surface area contributed by atoms with Crippen LogP contribution >= 0.6 is 0 Å². The Morgan fingerprint density at radius 3 is 2.68 bits per heavy atom. The molecule has 2 aliphatic rings. The minimum absolute atomic E-state index is 0.144. The van der Waals surface area contributed by atoms with Gasteiger partial charge in [0.15, 0.2) is 5.76 Å². The highest BCUT2D eigenvalue weighted by molar-refractivity contribution is 5.79. The summed E-state index contributed by atoms with van der Waals surface area (Å²) < 4.78 is 16.0. The van der Waals surface area contributed by atoms with Crippen LogP contribution in [0.15, 0.2) is 33.4 Å². The summed E-state index contributed by atoms with van der Waals surface area (Å²) in [5.74, 6) is 1.78. The van der Waals surface area contributed by atoms with Crippen molar-refractivity contribution in [3.63, 3.8) is 0 Å². The van der Waals surface area contributed by atoms with Crippen LogP contribution in [0.4, 0.5) is 0 Å². The molecule has 7 heteroatoms. The standard InChI is InChI=1S/C18H23N3O4/c22-18(21-7-10-23-11-8-21)14-3-5-20(6-4-14)13-15-12-17(25-19-15)16-2-1-9-24-16/h1-2,9,12,14H,3-8,10-11,13H2. The summed E-state index contributed by atoms with van der Waals surface area (Å²) >= 11 is 0. The molecule has 0 aromatic carbocycles. The minimum Gasteiger partial charge on any atom is -0.461 e. The first-order valence-corrected chi connectivity index (χ1v) is 8.88. The number of aromatic nitrogens is 1. The van der Waals surface area contributed by atoms with Gasteiger partial charge in [0.25, 0.3) is 0 Å². The molecule has 4 rings (SSSR count). The zero-order valence-electron chi connectivity index (χ0n) is 14.2. The van der Waals surface area contributed by atoms with Crippen LogP contribution in [0.25, 0.3) is 11.5 Å². The molecule has 1 amide bonds. The fourth-order valence-electron chi connectivity index (χ4n) is 3.53. The van der Waals surface area contributed by atoms with E-state index in [-0.39, 0.29) is 5.92 Å². The SMILES string of the molecule is O=C(C1CCN(Cc2cc(-c3ccco3)on2)CC1)N1CCOCC1. The maximum Gasteiger partial charge on any atom is 0.225 e. The lowest BCUT2D eigenvalue weighted by atomic mass is 9.95. The van der Waals surface area contributed by atoms with E-state index < -0.39 is 0 Å². The van der Waals surface area contributed by atoms with Gasteiger partial charge in [-0.15, -0.1) is 0 Å². The fraction of sp³-hybridized carbons (Fsp3) is 0.556. The predicted molar refractivity (Wildman–Crippen MR) is 89.6 cm³/mol. The van der Waals surface area contributed by atoms with Crippen molar-refractivity contribution in [3.05, 3.63) is 30.2 Å². The lowest BCUT2D eigenvalue weighted by Gasteiger charge is -2.35. The van der Waals surface area contributed by atoms with Gasteiger partial charge < -0.3 is 18.6 Å². The van der Waals surface area contributed by atoms with Gasteiger partial charge in [0, 0.05) is 31.6 Å². The Kier molecular flexibility index (Phi) is 4.85. The third kappa shape index (κ3) is 3.77. The Morgan fingerprint density at radius 1 is 1.16 bits per heavy atom. The zero-order chi connectivity index (χ0) is 17.1. The fourth-order valence-corrected chi connectivity index (χ4v) is 3.53. The number of rotatable bonds is 4. The Labute approximate surface area is 146 Å². The maximum atomic E-state index is 12.6. The smallest absolute Gasteiger partial charge is 0.225 e. The number of carbonyl (C=O) groups excluding carboxylic acids is 1. The molecule has 0 bridgehead atoms. The van der Waals surface area contributed by atoms with Crippen molar-refractivity contribution in [3.8, 4) is 11.5 Å². The normalized spacial score (nSPS) is 20.1. The molecule has 2 saturated heterocycles. The number of amides is 1. The van der Waals surface area contributed by atoms with Crippen LogP contribution < -0.4 is 0 Å². The lowest BCUT2D eigenvalue weighted by molar-refractivity contribution is -0.141. The van der Waals surface area contributed by atoms with Crippen molar-refractivity contribution in [2.45, 2.75) is 19.4 Å². The minimum atomic E-state index is 0.144. The van der Waals surface area contributed by atoms with Crippen LogP contribution in [0.2, 0.25) is 0 Å². The summed E-state index contributed by atoms with van der Waals surface area (Å²) in [4.78, 5) is 16.8. The second-order valence-electron chi connectivity index (χ2n) is 6.65. The number of carbonyl (C=O) groups is 1. The third-order valence-corrected chi connectivity index (χ3v) is 4.97. The van der Waals surface area contributed by atoms with Crippen LogP contribution in [0.3, 0.4) is 0 Å². The van der Waals surface area contributed by atoms with Crippen LogP contribution in [0.5, 0.6) is 0 Å². The summed E-state index contributed by atoms with van der Waals surface area (Å²) in [6.07, 6.45) is 3.42. The number of nitrogens with zero attached hydrogens (tertiary/aromatic N) is 3. The molecule has 2 aromatic heterocycles. The first-order valence-electron chi connectivity index (χ1n) is 8.88. The van der Waals surface area contributed by atoms with Crippen molar-refractivity contribution < 1.29 is 18.5 Å². The molecule has 7 nitrogen and oxygen atoms in total. The van der Waals surface area contributed by atoms with Gasteiger partial charge in [-0.3, -0.25) is 9.69 Å². The van der Waals surface area contributed by atoms with Crippen LogP contribution in [-0.2, 0) is 16.1 Å². The quantitative estimate of drug-likeness (QED) is 0.844. The molecule has 25 heavy (non-hydrogen) atoms. The summed E-state index contributed by atoms with van der Waals surface area (Å²) in [6, 6.07) is 5.60. The second-order valence-corrected chi connectivity index (χ2v) is 6.65. The van der Waals surface area contributed by atoms with Gasteiger partial charge in [-0.2, -0.15) is 0 Å². The van der Waals surface area contributed by atoms with Crippen LogP contribution in [0.1, 0.15) is 18.5 Å². The monoisotopic (exact) mass is 345 g/mol. The Morgan fingerprint density at radius 2 is 1.96 bits per heavy atom. The van der Waals surface area contributed by atoms with Gasteiger partial charge in [0.2, 0.25) is 11.7 Å². The maximum absolute atomic E-state index is 12.6. The van der Waals surface area contributed by atoms with Crippen LogP contribution in [0, 0.1) is 5.92 Å². The second kappa shape index (κ2) is 7.41. The number of hydrogen-bond donors (Lipinski definition) is 0. The molecule has 0 unspecified atom stereocenters. The number of piperidine rings is 1. The molecule has 4 heterocycles. The van der Waals surface area contributed by atoms with Crippen molar-refractivity contribution in [1.82, 2.24) is 15.0 Å². The van der Waals surface area contributed by atoms with E-state index in [1.54, 1.807) is 6.26 Å². The highest BCUT2D eigenvalue weighted by atomic mass is 16.5. The first-order chi connectivity index (χ1) is 12.3. The molecular weight excluding hydrogens is 322 g/mol. The molecule has 0 radical (unpaired) electrons. The number of hydrogen-bond acceptors (Lipinski definition) is 6. The van der Waals surface area contributed by atoms with E-state index in [0.717, 1.165) is 51.3 Å². The molecule has 0 aliphatic carbocycles.